The lowest BCUT2D eigenvalue weighted by atomic mass is 9.95. The van der Waals surface area contributed by atoms with E-state index in [-0.39, 0.29) is 28.8 Å². The first kappa shape index (κ1) is 20.9. The molecule has 1 fully saturated rings. The van der Waals surface area contributed by atoms with E-state index in [9.17, 15) is 29.8 Å². The highest BCUT2D eigenvalue weighted by atomic mass is 16.6. The zero-order valence-electron chi connectivity index (χ0n) is 16.0. The monoisotopic (exact) mass is 412 g/mol. The third-order valence-corrected chi connectivity index (χ3v) is 4.99. The Labute approximate surface area is 171 Å². The molecule has 0 bridgehead atoms. The standard InChI is InChI=1S/C20H20N4O6/c25-19(21-13-6-2-1-3-7-13)15-8-4-5-9-17(15)22-20(26)16-11-10-14(23(27)28)12-18(16)24(29)30/h4-5,8-13H,1-3,6-7H2,(H,21,25)(H,22,26). The summed E-state index contributed by atoms with van der Waals surface area (Å²) in [5.74, 6) is -1.18. The van der Waals surface area contributed by atoms with Crippen molar-refractivity contribution in [3.8, 4) is 0 Å². The van der Waals surface area contributed by atoms with Crippen LogP contribution >= 0.6 is 0 Å². The number of hydrogen-bond acceptors (Lipinski definition) is 6. The summed E-state index contributed by atoms with van der Waals surface area (Å²) in [6, 6.07) is 9.20. The van der Waals surface area contributed by atoms with Crippen molar-refractivity contribution >= 4 is 28.9 Å². The summed E-state index contributed by atoms with van der Waals surface area (Å²) in [7, 11) is 0. The fraction of sp³-hybridized carbons (Fsp3) is 0.300. The molecule has 2 aromatic rings. The van der Waals surface area contributed by atoms with Crippen molar-refractivity contribution in [1.29, 1.82) is 0 Å². The van der Waals surface area contributed by atoms with Gasteiger partial charge in [-0.1, -0.05) is 31.4 Å². The average Bonchev–Trinajstić information content (AvgIpc) is 2.74. The lowest BCUT2D eigenvalue weighted by Crippen LogP contribution is -2.36. The fourth-order valence-corrected chi connectivity index (χ4v) is 3.47. The van der Waals surface area contributed by atoms with Gasteiger partial charge in [0.1, 0.15) is 5.56 Å². The zero-order chi connectivity index (χ0) is 21.7. The van der Waals surface area contributed by atoms with Crippen molar-refractivity contribution in [2.45, 2.75) is 38.1 Å². The van der Waals surface area contributed by atoms with Crippen LogP contribution in [0.4, 0.5) is 17.1 Å². The van der Waals surface area contributed by atoms with Gasteiger partial charge < -0.3 is 10.6 Å². The number of benzene rings is 2. The lowest BCUT2D eigenvalue weighted by Gasteiger charge is -2.23. The number of anilines is 1. The van der Waals surface area contributed by atoms with E-state index in [2.05, 4.69) is 10.6 Å². The van der Waals surface area contributed by atoms with Gasteiger partial charge in [0.05, 0.1) is 27.2 Å². The molecule has 156 valence electrons. The van der Waals surface area contributed by atoms with E-state index in [4.69, 9.17) is 0 Å². The topological polar surface area (TPSA) is 144 Å². The first-order chi connectivity index (χ1) is 14.4. The maximum Gasteiger partial charge on any atom is 0.289 e. The van der Waals surface area contributed by atoms with E-state index >= 15 is 0 Å². The smallest absolute Gasteiger partial charge is 0.289 e. The van der Waals surface area contributed by atoms with Crippen molar-refractivity contribution < 1.29 is 19.4 Å². The molecule has 30 heavy (non-hydrogen) atoms. The second-order valence-corrected chi connectivity index (χ2v) is 7.02. The molecule has 0 heterocycles. The van der Waals surface area contributed by atoms with E-state index in [0.29, 0.717) is 0 Å². The number of hydrogen-bond donors (Lipinski definition) is 2. The first-order valence-corrected chi connectivity index (χ1v) is 9.51. The Kier molecular flexibility index (Phi) is 6.35. The van der Waals surface area contributed by atoms with Crippen LogP contribution < -0.4 is 10.6 Å². The largest absolute Gasteiger partial charge is 0.349 e. The van der Waals surface area contributed by atoms with E-state index in [1.807, 2.05) is 0 Å². The van der Waals surface area contributed by atoms with Crippen molar-refractivity contribution in [3.05, 3.63) is 73.8 Å². The second kappa shape index (κ2) is 9.12. The maximum absolute atomic E-state index is 12.7. The maximum atomic E-state index is 12.7. The molecular weight excluding hydrogens is 392 g/mol. The molecule has 0 radical (unpaired) electrons. The Morgan fingerprint density at radius 1 is 0.867 bits per heavy atom. The number of amides is 2. The van der Waals surface area contributed by atoms with Crippen LogP contribution in [-0.2, 0) is 0 Å². The summed E-state index contributed by atoms with van der Waals surface area (Å²) in [4.78, 5) is 45.9. The van der Waals surface area contributed by atoms with Crippen LogP contribution in [-0.4, -0.2) is 27.7 Å². The number of para-hydroxylation sites is 1. The summed E-state index contributed by atoms with van der Waals surface area (Å²) < 4.78 is 0. The van der Waals surface area contributed by atoms with Crippen LogP contribution in [0, 0.1) is 20.2 Å². The Hall–Kier alpha value is -3.82. The molecule has 0 unspecified atom stereocenters. The zero-order valence-corrected chi connectivity index (χ0v) is 16.0. The van der Waals surface area contributed by atoms with Gasteiger partial charge in [-0.2, -0.15) is 0 Å². The van der Waals surface area contributed by atoms with Gasteiger partial charge in [0.15, 0.2) is 0 Å². The highest BCUT2D eigenvalue weighted by Crippen LogP contribution is 2.26. The van der Waals surface area contributed by atoms with Crippen LogP contribution in [0.3, 0.4) is 0 Å². The summed E-state index contributed by atoms with van der Waals surface area (Å²) in [5.41, 5.74) is -1.09. The third kappa shape index (κ3) is 4.77. The van der Waals surface area contributed by atoms with Crippen LogP contribution in [0.1, 0.15) is 52.8 Å². The number of carbonyl (C=O) groups is 2. The van der Waals surface area contributed by atoms with Crippen LogP contribution in [0.5, 0.6) is 0 Å². The molecule has 0 saturated heterocycles. The Morgan fingerprint density at radius 3 is 2.23 bits per heavy atom. The van der Waals surface area contributed by atoms with Gasteiger partial charge in [-0.05, 0) is 31.0 Å². The molecule has 2 amide bonds. The molecule has 1 saturated carbocycles. The summed E-state index contributed by atoms with van der Waals surface area (Å²) in [6.07, 6.45) is 5.04. The third-order valence-electron chi connectivity index (χ3n) is 4.99. The van der Waals surface area contributed by atoms with Crippen molar-refractivity contribution in [2.24, 2.45) is 0 Å². The van der Waals surface area contributed by atoms with Crippen molar-refractivity contribution in [1.82, 2.24) is 5.32 Å². The summed E-state index contributed by atoms with van der Waals surface area (Å²) in [6.45, 7) is 0. The van der Waals surface area contributed by atoms with Crippen LogP contribution in [0.2, 0.25) is 0 Å². The second-order valence-electron chi connectivity index (χ2n) is 7.02. The molecule has 1 aliphatic carbocycles. The van der Waals surface area contributed by atoms with Gasteiger partial charge in [-0.3, -0.25) is 29.8 Å². The van der Waals surface area contributed by atoms with Gasteiger partial charge in [-0.15, -0.1) is 0 Å². The molecule has 10 nitrogen and oxygen atoms in total. The minimum Gasteiger partial charge on any atom is -0.349 e. The average molecular weight is 412 g/mol. The van der Waals surface area contributed by atoms with Gasteiger partial charge in [0.2, 0.25) is 0 Å². The quantitative estimate of drug-likeness (QED) is 0.545. The number of non-ortho nitro benzene ring substituents is 1. The number of rotatable bonds is 6. The van der Waals surface area contributed by atoms with E-state index < -0.39 is 27.1 Å². The number of nitro groups is 2. The van der Waals surface area contributed by atoms with Gasteiger partial charge in [0, 0.05) is 12.1 Å². The molecular formula is C20H20N4O6. The number of nitrogens with zero attached hydrogens (tertiary/aromatic N) is 2. The molecule has 0 spiro atoms. The minimum absolute atomic E-state index is 0.0748. The molecule has 3 rings (SSSR count). The lowest BCUT2D eigenvalue weighted by molar-refractivity contribution is -0.394. The minimum atomic E-state index is -0.858. The summed E-state index contributed by atoms with van der Waals surface area (Å²) in [5, 5.41) is 27.6. The number of nitro benzene ring substituents is 2. The Balaban J connectivity index is 1.83. The molecule has 2 aromatic carbocycles. The van der Waals surface area contributed by atoms with Crippen LogP contribution in [0.25, 0.3) is 0 Å². The molecule has 10 heteroatoms. The SMILES string of the molecule is O=C(NC1CCCCC1)c1ccccc1NC(=O)c1ccc([N+](=O)[O-])cc1[N+](=O)[O-]. The predicted octanol–water partition coefficient (Wildman–Crippen LogP) is 3.82. The molecule has 2 N–H and O–H groups in total. The van der Waals surface area contributed by atoms with Gasteiger partial charge >= 0.3 is 0 Å². The number of carbonyl (C=O) groups excluding carboxylic acids is 2. The van der Waals surface area contributed by atoms with Crippen LogP contribution in [0.15, 0.2) is 42.5 Å². The van der Waals surface area contributed by atoms with E-state index in [0.717, 1.165) is 50.3 Å². The molecule has 1 aliphatic rings. The Morgan fingerprint density at radius 2 is 1.57 bits per heavy atom. The number of nitrogens with one attached hydrogen (secondary N) is 2. The fourth-order valence-electron chi connectivity index (χ4n) is 3.47. The molecule has 0 aromatic heterocycles. The first-order valence-electron chi connectivity index (χ1n) is 9.51. The molecule has 0 aliphatic heterocycles. The summed E-state index contributed by atoms with van der Waals surface area (Å²) >= 11 is 0. The molecule has 0 atom stereocenters. The van der Waals surface area contributed by atoms with Gasteiger partial charge in [-0.25, -0.2) is 0 Å². The highest BCUT2D eigenvalue weighted by Gasteiger charge is 2.25. The highest BCUT2D eigenvalue weighted by molar-refractivity contribution is 6.10. The van der Waals surface area contributed by atoms with Crippen molar-refractivity contribution in [2.75, 3.05) is 5.32 Å². The van der Waals surface area contributed by atoms with Crippen molar-refractivity contribution in [3.63, 3.8) is 0 Å². The van der Waals surface area contributed by atoms with Gasteiger partial charge in [0.25, 0.3) is 23.2 Å². The predicted molar refractivity (Wildman–Crippen MR) is 108 cm³/mol. The van der Waals surface area contributed by atoms with E-state index in [1.165, 1.54) is 6.07 Å². The van der Waals surface area contributed by atoms with E-state index in [1.54, 1.807) is 18.2 Å². The normalized spacial score (nSPS) is 14.0. The Bertz CT molecular complexity index is 1000.